The zero-order chi connectivity index (χ0) is 19.5. The second kappa shape index (κ2) is 5.74. The third kappa shape index (κ3) is 2.57. The highest BCUT2D eigenvalue weighted by Crippen LogP contribution is 2.44. The molecule has 6 nitrogen and oxygen atoms in total. The van der Waals surface area contributed by atoms with Crippen LogP contribution in [0.3, 0.4) is 0 Å². The van der Waals surface area contributed by atoms with Crippen LogP contribution in [0.5, 0.6) is 17.2 Å². The summed E-state index contributed by atoms with van der Waals surface area (Å²) < 4.78 is 5.81. The Kier molecular flexibility index (Phi) is 3.59. The lowest BCUT2D eigenvalue weighted by Crippen LogP contribution is -2.03. The van der Waals surface area contributed by atoms with Crippen LogP contribution in [0, 0.1) is 20.8 Å². The number of aromatic hydroxyl groups is 3. The molecule has 0 saturated heterocycles. The van der Waals surface area contributed by atoms with Crippen LogP contribution in [0.4, 0.5) is 0 Å². The van der Waals surface area contributed by atoms with Gasteiger partial charge in [-0.2, -0.15) is 0 Å². The van der Waals surface area contributed by atoms with Gasteiger partial charge in [0, 0.05) is 29.3 Å². The first kappa shape index (κ1) is 16.9. The van der Waals surface area contributed by atoms with Gasteiger partial charge in [-0.1, -0.05) is 0 Å². The van der Waals surface area contributed by atoms with E-state index in [1.54, 1.807) is 20.8 Å². The Labute approximate surface area is 154 Å². The second-order valence-corrected chi connectivity index (χ2v) is 6.70. The predicted molar refractivity (Wildman–Crippen MR) is 102 cm³/mol. The fraction of sp³-hybridized carbons (Fsp3) is 0.143. The van der Waals surface area contributed by atoms with Gasteiger partial charge in [0.05, 0.1) is 0 Å². The van der Waals surface area contributed by atoms with Crippen LogP contribution < -0.4 is 5.43 Å². The molecule has 0 amide bonds. The Hall–Kier alpha value is -3.54. The van der Waals surface area contributed by atoms with E-state index in [2.05, 4.69) is 4.98 Å². The van der Waals surface area contributed by atoms with Gasteiger partial charge in [0.25, 0.3) is 0 Å². The minimum Gasteiger partial charge on any atom is -0.508 e. The van der Waals surface area contributed by atoms with E-state index in [0.717, 1.165) is 0 Å². The van der Waals surface area contributed by atoms with Crippen LogP contribution in [0.1, 0.15) is 16.7 Å². The first-order chi connectivity index (χ1) is 12.8. The SMILES string of the molecule is Cc1cc(=O)cc2oc3cc(O)c(-c4c(C)cc(O)cc4O)c(C)c3nc1-2. The lowest BCUT2D eigenvalue weighted by atomic mass is 9.93. The van der Waals surface area contributed by atoms with Gasteiger partial charge < -0.3 is 19.7 Å². The maximum Gasteiger partial charge on any atom is 0.182 e. The largest absolute Gasteiger partial charge is 0.508 e. The van der Waals surface area contributed by atoms with Crippen molar-refractivity contribution in [2.24, 2.45) is 0 Å². The topological polar surface area (TPSA) is 104 Å². The number of rotatable bonds is 1. The quantitative estimate of drug-likeness (QED) is 0.442. The van der Waals surface area contributed by atoms with E-state index >= 15 is 0 Å². The summed E-state index contributed by atoms with van der Waals surface area (Å²) in [5.74, 6) is 0.0525. The number of phenols is 3. The summed E-state index contributed by atoms with van der Waals surface area (Å²) in [5.41, 5.74) is 3.99. The first-order valence-electron chi connectivity index (χ1n) is 8.37. The summed E-state index contributed by atoms with van der Waals surface area (Å²) >= 11 is 0. The Balaban J connectivity index is 2.12. The summed E-state index contributed by atoms with van der Waals surface area (Å²) in [5, 5.41) is 30.6. The molecule has 0 spiro atoms. The summed E-state index contributed by atoms with van der Waals surface area (Å²) in [6, 6.07) is 7.01. The minimum absolute atomic E-state index is 0.0603. The lowest BCUT2D eigenvalue weighted by molar-refractivity contribution is 0.449. The van der Waals surface area contributed by atoms with Crippen molar-refractivity contribution in [2.75, 3.05) is 0 Å². The molecular formula is C21H17NO5. The highest BCUT2D eigenvalue weighted by Gasteiger charge is 2.21. The van der Waals surface area contributed by atoms with Crippen molar-refractivity contribution in [2.45, 2.75) is 20.8 Å². The number of aromatic nitrogens is 1. The fourth-order valence-corrected chi connectivity index (χ4v) is 3.53. The molecule has 1 heterocycles. The smallest absolute Gasteiger partial charge is 0.182 e. The Morgan fingerprint density at radius 3 is 2.26 bits per heavy atom. The van der Waals surface area contributed by atoms with Crippen molar-refractivity contribution in [3.05, 3.63) is 57.2 Å². The monoisotopic (exact) mass is 363 g/mol. The molecule has 0 unspecified atom stereocenters. The molecular weight excluding hydrogens is 346 g/mol. The third-order valence-corrected chi connectivity index (χ3v) is 4.72. The molecule has 2 aromatic rings. The van der Waals surface area contributed by atoms with Gasteiger partial charge in [-0.15, -0.1) is 0 Å². The molecule has 1 aliphatic heterocycles. The molecule has 1 aliphatic carbocycles. The summed E-state index contributed by atoms with van der Waals surface area (Å²) in [6.45, 7) is 5.29. The van der Waals surface area contributed by atoms with Crippen LogP contribution >= 0.6 is 0 Å². The van der Waals surface area contributed by atoms with E-state index in [-0.39, 0.29) is 22.7 Å². The van der Waals surface area contributed by atoms with E-state index in [9.17, 15) is 20.1 Å². The maximum atomic E-state index is 11.7. The van der Waals surface area contributed by atoms with Crippen molar-refractivity contribution >= 4 is 11.1 Å². The number of benzene rings is 3. The molecule has 2 aliphatic rings. The number of nitrogens with zero attached hydrogens (tertiary/aromatic N) is 1. The number of hydrogen-bond donors (Lipinski definition) is 3. The van der Waals surface area contributed by atoms with Gasteiger partial charge >= 0.3 is 0 Å². The standard InChI is InChI=1S/C21H17NO5/c1-9-4-12(23)6-14(25)18(9)19-11(3)21-17(8-15(19)26)27-16-7-13(24)5-10(2)20(16)22-21/h4-8,23,25-26H,1-3H3. The maximum absolute atomic E-state index is 11.7. The Bertz CT molecular complexity index is 1230. The molecule has 3 N–H and O–H groups in total. The Morgan fingerprint density at radius 1 is 0.852 bits per heavy atom. The normalized spacial score (nSPS) is 11.4. The van der Waals surface area contributed by atoms with Crippen molar-refractivity contribution < 1.29 is 19.7 Å². The Morgan fingerprint density at radius 2 is 1.56 bits per heavy atom. The van der Waals surface area contributed by atoms with E-state index < -0.39 is 0 Å². The highest BCUT2D eigenvalue weighted by atomic mass is 16.3. The number of phenolic OH excluding ortho intramolecular Hbond substituents is 3. The van der Waals surface area contributed by atoms with Crippen LogP contribution in [-0.4, -0.2) is 20.3 Å². The third-order valence-electron chi connectivity index (χ3n) is 4.72. The molecule has 136 valence electrons. The van der Waals surface area contributed by atoms with Crippen LogP contribution in [-0.2, 0) is 0 Å². The minimum atomic E-state index is -0.174. The molecule has 0 bridgehead atoms. The molecule has 0 radical (unpaired) electrons. The van der Waals surface area contributed by atoms with Crippen molar-refractivity contribution in [1.82, 2.24) is 4.98 Å². The zero-order valence-corrected chi connectivity index (χ0v) is 15.0. The fourth-order valence-electron chi connectivity index (χ4n) is 3.53. The van der Waals surface area contributed by atoms with Crippen LogP contribution in [0.25, 0.3) is 33.7 Å². The molecule has 6 heteroatoms. The molecule has 27 heavy (non-hydrogen) atoms. The summed E-state index contributed by atoms with van der Waals surface area (Å²) in [7, 11) is 0. The van der Waals surface area contributed by atoms with Gasteiger partial charge in [0.2, 0.25) is 0 Å². The van der Waals surface area contributed by atoms with E-state index in [4.69, 9.17) is 4.42 Å². The zero-order valence-electron chi connectivity index (χ0n) is 15.0. The number of fused-ring (bicyclic) bond motifs is 2. The average molecular weight is 363 g/mol. The molecule has 0 aromatic heterocycles. The van der Waals surface area contributed by atoms with E-state index in [1.165, 1.54) is 30.3 Å². The molecule has 0 atom stereocenters. The predicted octanol–water partition coefficient (Wildman–Crippen LogP) is 4.00. The van der Waals surface area contributed by atoms with Crippen LogP contribution in [0.15, 0.2) is 39.5 Å². The number of aryl methyl sites for hydroxylation is 3. The summed E-state index contributed by atoms with van der Waals surface area (Å²) in [6.07, 6.45) is 0. The lowest BCUT2D eigenvalue weighted by Gasteiger charge is -2.16. The van der Waals surface area contributed by atoms with Gasteiger partial charge in [0.15, 0.2) is 16.8 Å². The first-order valence-corrected chi connectivity index (χ1v) is 8.37. The molecule has 2 aromatic carbocycles. The second-order valence-electron chi connectivity index (χ2n) is 6.70. The van der Waals surface area contributed by atoms with Crippen molar-refractivity contribution in [3.63, 3.8) is 0 Å². The molecule has 4 rings (SSSR count). The van der Waals surface area contributed by atoms with E-state index in [1.807, 2.05) is 0 Å². The van der Waals surface area contributed by atoms with Gasteiger partial charge in [0.1, 0.15) is 28.5 Å². The number of hydrogen-bond acceptors (Lipinski definition) is 6. The van der Waals surface area contributed by atoms with Gasteiger partial charge in [-0.05, 0) is 49.6 Å². The van der Waals surface area contributed by atoms with Crippen LogP contribution in [0.2, 0.25) is 0 Å². The average Bonchev–Trinajstić information content (AvgIpc) is 2.55. The highest BCUT2D eigenvalue weighted by molar-refractivity contribution is 5.93. The summed E-state index contributed by atoms with van der Waals surface area (Å²) in [4.78, 5) is 16.4. The van der Waals surface area contributed by atoms with Crippen molar-refractivity contribution in [3.8, 4) is 39.8 Å². The van der Waals surface area contributed by atoms with Gasteiger partial charge in [-0.25, -0.2) is 4.98 Å². The van der Waals surface area contributed by atoms with Crippen molar-refractivity contribution in [1.29, 1.82) is 0 Å². The van der Waals surface area contributed by atoms with E-state index in [0.29, 0.717) is 50.4 Å². The van der Waals surface area contributed by atoms with Gasteiger partial charge in [-0.3, -0.25) is 4.79 Å². The molecule has 0 fully saturated rings. The molecule has 0 saturated carbocycles.